The summed E-state index contributed by atoms with van der Waals surface area (Å²) in [7, 11) is 0. The molecule has 0 fully saturated rings. The SMILES string of the molecule is CCCNCCn1nnnc1SCc1ccc(C)cc1. The average Bonchev–Trinajstić information content (AvgIpc) is 2.90. The second-order valence-electron chi connectivity index (χ2n) is 4.71. The first-order valence-corrected chi connectivity index (χ1v) is 7.93. The molecule has 1 N–H and O–H groups in total. The molecule has 1 aromatic carbocycles. The second-order valence-corrected chi connectivity index (χ2v) is 5.65. The molecule has 0 aliphatic carbocycles. The lowest BCUT2D eigenvalue weighted by Gasteiger charge is -2.05. The first kappa shape index (κ1) is 15.0. The molecule has 0 saturated heterocycles. The van der Waals surface area contributed by atoms with Gasteiger partial charge in [0.15, 0.2) is 0 Å². The molecule has 0 radical (unpaired) electrons. The van der Waals surface area contributed by atoms with E-state index in [1.165, 1.54) is 11.1 Å². The Kier molecular flexibility index (Phi) is 6.01. The molecule has 0 aliphatic rings. The van der Waals surface area contributed by atoms with Crippen molar-refractivity contribution in [3.8, 4) is 0 Å². The van der Waals surface area contributed by atoms with E-state index in [1.54, 1.807) is 11.8 Å². The summed E-state index contributed by atoms with van der Waals surface area (Å²) in [5, 5.41) is 16.1. The molecule has 1 aromatic heterocycles. The van der Waals surface area contributed by atoms with Crippen molar-refractivity contribution >= 4 is 11.8 Å². The highest BCUT2D eigenvalue weighted by molar-refractivity contribution is 7.98. The number of thioether (sulfide) groups is 1. The van der Waals surface area contributed by atoms with Crippen LogP contribution in [0.5, 0.6) is 0 Å². The summed E-state index contributed by atoms with van der Waals surface area (Å²) in [6.45, 7) is 7.00. The van der Waals surface area contributed by atoms with Crippen LogP contribution in [-0.4, -0.2) is 33.3 Å². The molecule has 20 heavy (non-hydrogen) atoms. The second kappa shape index (κ2) is 8.01. The molecule has 2 rings (SSSR count). The van der Waals surface area contributed by atoms with Crippen molar-refractivity contribution in [2.75, 3.05) is 13.1 Å². The maximum atomic E-state index is 4.08. The van der Waals surface area contributed by atoms with Crippen molar-refractivity contribution in [3.05, 3.63) is 35.4 Å². The number of nitrogens with zero attached hydrogens (tertiary/aromatic N) is 4. The maximum Gasteiger partial charge on any atom is 0.209 e. The Labute approximate surface area is 124 Å². The third-order valence-electron chi connectivity index (χ3n) is 2.91. The summed E-state index contributed by atoms with van der Waals surface area (Å²) in [5.74, 6) is 0.892. The Balaban J connectivity index is 1.83. The fourth-order valence-electron chi connectivity index (χ4n) is 1.76. The number of hydrogen-bond acceptors (Lipinski definition) is 5. The highest BCUT2D eigenvalue weighted by Gasteiger charge is 2.06. The Morgan fingerprint density at radius 2 is 2.00 bits per heavy atom. The fraction of sp³-hybridized carbons (Fsp3) is 0.500. The highest BCUT2D eigenvalue weighted by atomic mass is 32.2. The largest absolute Gasteiger partial charge is 0.315 e. The number of nitrogens with one attached hydrogen (secondary N) is 1. The van der Waals surface area contributed by atoms with E-state index in [0.29, 0.717) is 0 Å². The van der Waals surface area contributed by atoms with Gasteiger partial charge in [0.05, 0.1) is 6.54 Å². The van der Waals surface area contributed by atoms with E-state index < -0.39 is 0 Å². The van der Waals surface area contributed by atoms with Crippen LogP contribution in [-0.2, 0) is 12.3 Å². The number of tetrazole rings is 1. The fourth-order valence-corrected chi connectivity index (χ4v) is 2.62. The van der Waals surface area contributed by atoms with Gasteiger partial charge in [0, 0.05) is 12.3 Å². The predicted octanol–water partition coefficient (Wildman–Crippen LogP) is 2.27. The van der Waals surface area contributed by atoms with Crippen molar-refractivity contribution < 1.29 is 0 Å². The Morgan fingerprint density at radius 1 is 1.20 bits per heavy atom. The average molecular weight is 291 g/mol. The molecular weight excluding hydrogens is 270 g/mol. The molecule has 0 aliphatic heterocycles. The summed E-state index contributed by atoms with van der Waals surface area (Å²) in [6.07, 6.45) is 1.14. The highest BCUT2D eigenvalue weighted by Crippen LogP contribution is 2.19. The standard InChI is InChI=1S/C14H21N5S/c1-3-8-15-9-10-19-14(16-17-18-19)20-11-13-6-4-12(2)5-7-13/h4-7,15H,3,8-11H2,1-2H3. The number of benzene rings is 1. The van der Waals surface area contributed by atoms with Crippen LogP contribution in [0, 0.1) is 6.92 Å². The normalized spacial score (nSPS) is 10.9. The Hall–Kier alpha value is -1.40. The molecule has 0 unspecified atom stereocenters. The van der Waals surface area contributed by atoms with Crippen LogP contribution in [0.15, 0.2) is 29.4 Å². The van der Waals surface area contributed by atoms with Gasteiger partial charge < -0.3 is 5.32 Å². The molecule has 2 aromatic rings. The first-order chi connectivity index (χ1) is 9.79. The van der Waals surface area contributed by atoms with E-state index in [9.17, 15) is 0 Å². The van der Waals surface area contributed by atoms with Gasteiger partial charge in [-0.05, 0) is 35.9 Å². The van der Waals surface area contributed by atoms with Crippen LogP contribution in [0.4, 0.5) is 0 Å². The molecule has 1 heterocycles. The molecule has 6 heteroatoms. The first-order valence-electron chi connectivity index (χ1n) is 6.95. The zero-order valence-electron chi connectivity index (χ0n) is 12.0. The molecule has 0 spiro atoms. The van der Waals surface area contributed by atoms with Gasteiger partial charge in [-0.25, -0.2) is 4.68 Å². The lowest BCUT2D eigenvalue weighted by atomic mass is 10.2. The maximum absolute atomic E-state index is 4.08. The van der Waals surface area contributed by atoms with Gasteiger partial charge in [-0.15, -0.1) is 5.10 Å². The summed E-state index contributed by atoms with van der Waals surface area (Å²) in [5.41, 5.74) is 2.57. The summed E-state index contributed by atoms with van der Waals surface area (Å²) >= 11 is 1.68. The summed E-state index contributed by atoms with van der Waals surface area (Å²) in [6, 6.07) is 8.57. The van der Waals surface area contributed by atoms with E-state index in [1.807, 2.05) is 4.68 Å². The van der Waals surface area contributed by atoms with Gasteiger partial charge in [-0.3, -0.25) is 0 Å². The number of hydrogen-bond donors (Lipinski definition) is 1. The molecule has 5 nitrogen and oxygen atoms in total. The quantitative estimate of drug-likeness (QED) is 0.597. The number of aryl methyl sites for hydroxylation is 1. The van der Waals surface area contributed by atoms with Crippen LogP contribution in [0.2, 0.25) is 0 Å². The molecule has 108 valence electrons. The topological polar surface area (TPSA) is 55.6 Å². The van der Waals surface area contributed by atoms with Gasteiger partial charge in [0.2, 0.25) is 5.16 Å². The smallest absolute Gasteiger partial charge is 0.209 e. The van der Waals surface area contributed by atoms with Gasteiger partial charge in [0.25, 0.3) is 0 Å². The number of rotatable bonds is 8. The van der Waals surface area contributed by atoms with E-state index >= 15 is 0 Å². The van der Waals surface area contributed by atoms with E-state index in [0.717, 1.165) is 37.0 Å². The number of aromatic nitrogens is 4. The van der Waals surface area contributed by atoms with Crippen molar-refractivity contribution in [3.63, 3.8) is 0 Å². The van der Waals surface area contributed by atoms with Crippen molar-refractivity contribution in [2.45, 2.75) is 37.7 Å². The molecular formula is C14H21N5S. The molecule has 0 bridgehead atoms. The minimum Gasteiger partial charge on any atom is -0.315 e. The molecule has 0 amide bonds. The van der Waals surface area contributed by atoms with Crippen molar-refractivity contribution in [1.82, 2.24) is 25.5 Å². The van der Waals surface area contributed by atoms with Gasteiger partial charge >= 0.3 is 0 Å². The van der Waals surface area contributed by atoms with Crippen LogP contribution < -0.4 is 5.32 Å². The van der Waals surface area contributed by atoms with Crippen LogP contribution in [0.1, 0.15) is 24.5 Å². The molecule has 0 saturated carbocycles. The monoisotopic (exact) mass is 291 g/mol. The van der Waals surface area contributed by atoms with Gasteiger partial charge in [-0.1, -0.05) is 48.5 Å². The third kappa shape index (κ3) is 4.61. The van der Waals surface area contributed by atoms with E-state index in [-0.39, 0.29) is 0 Å². The van der Waals surface area contributed by atoms with Crippen molar-refractivity contribution in [2.24, 2.45) is 0 Å². The van der Waals surface area contributed by atoms with Crippen LogP contribution in [0.3, 0.4) is 0 Å². The van der Waals surface area contributed by atoms with E-state index in [4.69, 9.17) is 0 Å². The summed E-state index contributed by atoms with van der Waals surface area (Å²) in [4.78, 5) is 0. The minimum absolute atomic E-state index is 0.809. The lowest BCUT2D eigenvalue weighted by Crippen LogP contribution is -2.21. The lowest BCUT2D eigenvalue weighted by molar-refractivity contribution is 0.510. The zero-order valence-corrected chi connectivity index (χ0v) is 12.9. The minimum atomic E-state index is 0.809. The zero-order chi connectivity index (χ0) is 14.2. The Bertz CT molecular complexity index is 509. The summed E-state index contributed by atoms with van der Waals surface area (Å²) < 4.78 is 1.86. The van der Waals surface area contributed by atoms with E-state index in [2.05, 4.69) is 59.0 Å². The third-order valence-corrected chi connectivity index (χ3v) is 3.94. The predicted molar refractivity (Wildman–Crippen MR) is 81.7 cm³/mol. The van der Waals surface area contributed by atoms with Gasteiger partial charge in [0.1, 0.15) is 0 Å². The van der Waals surface area contributed by atoms with Gasteiger partial charge in [-0.2, -0.15) is 0 Å². The van der Waals surface area contributed by atoms with Crippen LogP contribution in [0.25, 0.3) is 0 Å². The molecule has 0 atom stereocenters. The Morgan fingerprint density at radius 3 is 2.75 bits per heavy atom. The van der Waals surface area contributed by atoms with Crippen molar-refractivity contribution in [1.29, 1.82) is 0 Å². The van der Waals surface area contributed by atoms with Crippen LogP contribution >= 0.6 is 11.8 Å².